The van der Waals surface area contributed by atoms with Gasteiger partial charge in [0.05, 0.1) is 17.6 Å². The van der Waals surface area contributed by atoms with Gasteiger partial charge >= 0.3 is 0 Å². The Hall–Kier alpha value is -2.95. The largest absolute Gasteiger partial charge is 0.590 e. The summed E-state index contributed by atoms with van der Waals surface area (Å²) in [5.74, 6) is 0.945. The summed E-state index contributed by atoms with van der Waals surface area (Å²) in [5.41, 5.74) is 1.89. The Morgan fingerprint density at radius 3 is 2.28 bits per heavy atom. The average Bonchev–Trinajstić information content (AvgIpc) is 3.05. The fraction of sp³-hybridized carbons (Fsp3) is 0.160. The first kappa shape index (κ1) is 19.4. The number of hydrogen-bond acceptors (Lipinski definition) is 3. The lowest BCUT2D eigenvalue weighted by atomic mass is 9.97. The number of carbonyl (C=O) groups excluding carboxylic acids is 1. The monoisotopic (exact) mass is 402 g/mol. The van der Waals surface area contributed by atoms with E-state index >= 15 is 0 Å². The van der Waals surface area contributed by atoms with E-state index in [9.17, 15) is 9.35 Å². The van der Waals surface area contributed by atoms with Crippen molar-refractivity contribution in [2.24, 2.45) is 5.92 Å². The van der Waals surface area contributed by atoms with Crippen LogP contribution in [-0.2, 0) is 0 Å². The van der Waals surface area contributed by atoms with Crippen molar-refractivity contribution in [3.8, 4) is 16.2 Å². The number of fused-ring (bicyclic) bond motifs is 1. The second-order valence-electron chi connectivity index (χ2n) is 7.40. The lowest BCUT2D eigenvalue weighted by Crippen LogP contribution is -2.04. The van der Waals surface area contributed by atoms with Gasteiger partial charge in [0.2, 0.25) is 0 Å². The summed E-state index contributed by atoms with van der Waals surface area (Å²) >= 11 is 0. The van der Waals surface area contributed by atoms with Gasteiger partial charge in [0, 0.05) is 17.2 Å². The van der Waals surface area contributed by atoms with Crippen LogP contribution in [-0.4, -0.2) is 16.9 Å². The van der Waals surface area contributed by atoms with Gasteiger partial charge in [-0.25, -0.2) is 0 Å². The zero-order valence-electron chi connectivity index (χ0n) is 16.4. The second-order valence-corrected chi connectivity index (χ2v) is 8.78. The molecule has 146 valence electrons. The maximum atomic E-state index is 13.5. The molecule has 4 aromatic rings. The molecule has 0 saturated carbocycles. The molecule has 0 spiro atoms. The van der Waals surface area contributed by atoms with Gasteiger partial charge in [0.25, 0.3) is 0 Å². The summed E-state index contributed by atoms with van der Waals surface area (Å²) in [6, 6.07) is 24.1. The second kappa shape index (κ2) is 8.19. The Morgan fingerprint density at radius 2 is 1.62 bits per heavy atom. The first-order valence-electron chi connectivity index (χ1n) is 9.64. The Morgan fingerprint density at radius 1 is 0.966 bits per heavy atom. The molecule has 29 heavy (non-hydrogen) atoms. The molecule has 0 N–H and O–H groups in total. The minimum atomic E-state index is -1.46. The van der Waals surface area contributed by atoms with Crippen LogP contribution in [0.5, 0.6) is 5.75 Å². The molecule has 0 bridgehead atoms. The van der Waals surface area contributed by atoms with Crippen molar-refractivity contribution >= 4 is 26.6 Å². The van der Waals surface area contributed by atoms with E-state index in [1.807, 2.05) is 66.7 Å². The maximum Gasteiger partial charge on any atom is 0.199 e. The molecule has 1 aromatic heterocycles. The highest BCUT2D eigenvalue weighted by molar-refractivity contribution is 7.35. The zero-order chi connectivity index (χ0) is 20.4. The van der Waals surface area contributed by atoms with Crippen molar-refractivity contribution in [2.75, 3.05) is 6.61 Å². The fourth-order valence-electron chi connectivity index (χ4n) is 3.34. The van der Waals surface area contributed by atoms with Crippen LogP contribution in [0.3, 0.4) is 0 Å². The van der Waals surface area contributed by atoms with Crippen molar-refractivity contribution in [1.29, 1.82) is 0 Å². The summed E-state index contributed by atoms with van der Waals surface area (Å²) in [5, 5.41) is 0.716. The van der Waals surface area contributed by atoms with Crippen molar-refractivity contribution in [3.63, 3.8) is 0 Å². The molecule has 0 aliphatic heterocycles. The number of benzene rings is 3. The van der Waals surface area contributed by atoms with Crippen LogP contribution in [0.1, 0.15) is 29.8 Å². The van der Waals surface area contributed by atoms with E-state index in [0.717, 1.165) is 5.56 Å². The van der Waals surface area contributed by atoms with Gasteiger partial charge in [-0.2, -0.15) is 0 Å². The van der Waals surface area contributed by atoms with Gasteiger partial charge in [0.15, 0.2) is 15.4 Å². The molecular formula is C25H22O3S. The topological polar surface area (TPSA) is 49.4 Å². The highest BCUT2D eigenvalue weighted by Crippen LogP contribution is 2.46. The van der Waals surface area contributed by atoms with Gasteiger partial charge in [-0.05, 0) is 40.9 Å². The summed E-state index contributed by atoms with van der Waals surface area (Å²) in [4.78, 5) is 14.0. The van der Waals surface area contributed by atoms with E-state index in [4.69, 9.17) is 4.74 Å². The normalized spacial score (nSPS) is 11.8. The number of rotatable bonds is 6. The lowest BCUT2D eigenvalue weighted by molar-refractivity contribution is 0.104. The van der Waals surface area contributed by atoms with Crippen LogP contribution in [0, 0.1) is 5.92 Å². The fourth-order valence-corrected chi connectivity index (χ4v) is 4.89. The molecule has 0 amide bonds. The number of carbonyl (C=O) groups is 1. The molecule has 4 heteroatoms. The zero-order valence-corrected chi connectivity index (χ0v) is 17.2. The Kier molecular flexibility index (Phi) is 5.47. The third kappa shape index (κ3) is 3.82. The molecule has 1 unspecified atom stereocenters. The van der Waals surface area contributed by atoms with E-state index in [2.05, 4.69) is 13.8 Å². The molecule has 0 saturated heterocycles. The van der Waals surface area contributed by atoms with Crippen LogP contribution >= 0.6 is 10.8 Å². The molecule has 1 atom stereocenters. The van der Waals surface area contributed by atoms with Gasteiger partial charge in [-0.3, -0.25) is 4.79 Å². The van der Waals surface area contributed by atoms with E-state index in [-0.39, 0.29) is 5.78 Å². The van der Waals surface area contributed by atoms with Crippen molar-refractivity contribution < 1.29 is 14.1 Å². The van der Waals surface area contributed by atoms with Gasteiger partial charge in [-0.15, -0.1) is 0 Å². The summed E-state index contributed by atoms with van der Waals surface area (Å²) < 4.78 is 19.9. The lowest BCUT2D eigenvalue weighted by Gasteiger charge is -2.08. The summed E-state index contributed by atoms with van der Waals surface area (Å²) in [6.07, 6.45) is 0. The smallest absolute Gasteiger partial charge is 0.199 e. The average molecular weight is 403 g/mol. The molecule has 3 aromatic carbocycles. The highest BCUT2D eigenvalue weighted by atomic mass is 32.2. The number of ether oxygens (including phenoxy) is 1. The van der Waals surface area contributed by atoms with Crippen LogP contribution in [0.25, 0.3) is 20.5 Å². The van der Waals surface area contributed by atoms with Crippen LogP contribution in [0.2, 0.25) is 0 Å². The molecule has 3 nitrogen and oxygen atoms in total. The number of ketones is 1. The van der Waals surface area contributed by atoms with Crippen LogP contribution in [0.15, 0.2) is 78.9 Å². The van der Waals surface area contributed by atoms with Crippen molar-refractivity contribution in [1.82, 2.24) is 0 Å². The van der Waals surface area contributed by atoms with Gasteiger partial charge in [-0.1, -0.05) is 62.4 Å². The first-order valence-corrected chi connectivity index (χ1v) is 10.8. The minimum absolute atomic E-state index is 0.118. The molecule has 1 heterocycles. The predicted molar refractivity (Wildman–Crippen MR) is 118 cm³/mol. The summed E-state index contributed by atoms with van der Waals surface area (Å²) in [7, 11) is -1.46. The van der Waals surface area contributed by atoms with Crippen LogP contribution < -0.4 is 4.74 Å². The van der Waals surface area contributed by atoms with Gasteiger partial charge in [0.1, 0.15) is 5.75 Å². The maximum absolute atomic E-state index is 13.5. The van der Waals surface area contributed by atoms with Gasteiger partial charge < -0.3 is 9.29 Å². The van der Waals surface area contributed by atoms with Crippen molar-refractivity contribution in [3.05, 3.63) is 90.0 Å². The molecule has 0 fully saturated rings. The number of thiophene rings is 1. The number of hydrogen-bond donors (Lipinski definition) is 0. The molecule has 0 aliphatic rings. The van der Waals surface area contributed by atoms with E-state index < -0.39 is 10.8 Å². The first-order chi connectivity index (χ1) is 14.1. The standard InChI is InChI=1S/C25H22O3S/c1-17(2)16-28-20-13-14-21-22(15-20)29(27)25(19-11-7-4-8-12-19)23(21)24(26)18-9-5-3-6-10-18/h3-15,17H,16H2,1-2H3. The van der Waals surface area contributed by atoms with E-state index in [1.54, 1.807) is 12.1 Å². The van der Waals surface area contributed by atoms with Crippen molar-refractivity contribution in [2.45, 2.75) is 13.8 Å². The quantitative estimate of drug-likeness (QED) is 0.273. The molecule has 0 radical (unpaired) electrons. The SMILES string of the molecule is CC(C)COc1ccc2c(C(=O)c3ccccc3)c(-c3ccccc3)[s+]([O-])c2c1. The Labute approximate surface area is 173 Å². The third-order valence-electron chi connectivity index (χ3n) is 4.72. The molecule has 0 aliphatic carbocycles. The Bertz CT molecular complexity index is 1150. The minimum Gasteiger partial charge on any atom is -0.590 e. The highest BCUT2D eigenvalue weighted by Gasteiger charge is 2.29. The van der Waals surface area contributed by atoms with Crippen LogP contribution in [0.4, 0.5) is 0 Å². The molecule has 4 rings (SSSR count). The summed E-state index contributed by atoms with van der Waals surface area (Å²) in [6.45, 7) is 4.74. The Balaban J connectivity index is 1.93. The predicted octanol–water partition coefficient (Wildman–Crippen LogP) is 6.50. The third-order valence-corrected chi connectivity index (χ3v) is 6.26. The molecular weight excluding hydrogens is 380 g/mol. The van der Waals surface area contributed by atoms with E-state index in [1.165, 1.54) is 0 Å². The van der Waals surface area contributed by atoms with E-state index in [0.29, 0.717) is 44.4 Å².